The summed E-state index contributed by atoms with van der Waals surface area (Å²) in [6.07, 6.45) is 0.193. The molecule has 0 saturated carbocycles. The fourth-order valence-corrected chi connectivity index (χ4v) is 1.47. The van der Waals surface area contributed by atoms with Crippen molar-refractivity contribution in [2.24, 2.45) is 0 Å². The van der Waals surface area contributed by atoms with E-state index in [1.54, 1.807) is 7.11 Å². The van der Waals surface area contributed by atoms with Crippen LogP contribution in [0.1, 0.15) is 25.1 Å². The molecule has 17 heavy (non-hydrogen) atoms. The van der Waals surface area contributed by atoms with E-state index in [1.807, 2.05) is 19.9 Å². The number of ether oxygens (including phenoxy) is 1. The van der Waals surface area contributed by atoms with Gasteiger partial charge in [0.2, 0.25) is 0 Å². The highest BCUT2D eigenvalue weighted by Gasteiger charge is 2.03. The average molecular weight is 237 g/mol. The number of aryl methyl sites for hydroxylation is 1. The Hall–Kier alpha value is -1.13. The van der Waals surface area contributed by atoms with Gasteiger partial charge in [0.25, 0.3) is 0 Å². The number of anilines is 1. The second-order valence-electron chi connectivity index (χ2n) is 4.15. The maximum atomic E-state index is 5.18. The molecule has 1 aromatic rings. The van der Waals surface area contributed by atoms with E-state index >= 15 is 0 Å². The van der Waals surface area contributed by atoms with Crippen LogP contribution in [-0.4, -0.2) is 31.3 Å². The van der Waals surface area contributed by atoms with Crippen molar-refractivity contribution in [3.05, 3.63) is 23.4 Å². The number of aromatic nitrogens is 1. The molecule has 0 fully saturated rings. The largest absolute Gasteiger partial charge is 0.380 e. The van der Waals surface area contributed by atoms with Gasteiger partial charge in [-0.3, -0.25) is 0 Å². The lowest BCUT2D eigenvalue weighted by molar-refractivity contribution is 0.128. The van der Waals surface area contributed by atoms with Crippen LogP contribution < -0.4 is 10.6 Å². The number of rotatable bonds is 7. The minimum Gasteiger partial charge on any atom is -0.380 e. The summed E-state index contributed by atoms with van der Waals surface area (Å²) in [5.74, 6) is 0.909. The van der Waals surface area contributed by atoms with Gasteiger partial charge in [-0.1, -0.05) is 13.0 Å². The van der Waals surface area contributed by atoms with Gasteiger partial charge >= 0.3 is 0 Å². The number of hydrogen-bond acceptors (Lipinski definition) is 4. The summed E-state index contributed by atoms with van der Waals surface area (Å²) in [5.41, 5.74) is 2.32. The fourth-order valence-electron chi connectivity index (χ4n) is 1.47. The van der Waals surface area contributed by atoms with Gasteiger partial charge in [-0.2, -0.15) is 0 Å². The van der Waals surface area contributed by atoms with Gasteiger partial charge in [0.15, 0.2) is 0 Å². The summed E-state index contributed by atoms with van der Waals surface area (Å²) in [6.45, 7) is 8.80. The number of methoxy groups -OCH3 is 1. The predicted molar refractivity (Wildman–Crippen MR) is 71.3 cm³/mol. The molecule has 0 amide bonds. The van der Waals surface area contributed by atoms with Crippen LogP contribution in [-0.2, 0) is 11.3 Å². The van der Waals surface area contributed by atoms with E-state index in [2.05, 4.69) is 28.6 Å². The third kappa shape index (κ3) is 4.71. The summed E-state index contributed by atoms with van der Waals surface area (Å²) in [7, 11) is 1.71. The first-order chi connectivity index (χ1) is 8.17. The quantitative estimate of drug-likeness (QED) is 0.761. The van der Waals surface area contributed by atoms with Crippen molar-refractivity contribution in [3.63, 3.8) is 0 Å². The maximum Gasteiger partial charge on any atom is 0.126 e. The first-order valence-electron chi connectivity index (χ1n) is 6.11. The lowest BCUT2D eigenvalue weighted by Gasteiger charge is -2.13. The van der Waals surface area contributed by atoms with Gasteiger partial charge < -0.3 is 15.4 Å². The molecule has 0 aromatic carbocycles. The van der Waals surface area contributed by atoms with E-state index in [-0.39, 0.29) is 6.10 Å². The van der Waals surface area contributed by atoms with Crippen molar-refractivity contribution < 1.29 is 4.74 Å². The Morgan fingerprint density at radius 1 is 1.41 bits per heavy atom. The number of pyridine rings is 1. The monoisotopic (exact) mass is 237 g/mol. The Labute approximate surface area is 104 Å². The van der Waals surface area contributed by atoms with Crippen LogP contribution in [0.25, 0.3) is 0 Å². The van der Waals surface area contributed by atoms with E-state index in [0.29, 0.717) is 0 Å². The molecule has 0 bridgehead atoms. The van der Waals surface area contributed by atoms with Crippen molar-refractivity contribution in [2.45, 2.75) is 33.4 Å². The minimum atomic E-state index is 0.193. The van der Waals surface area contributed by atoms with E-state index in [9.17, 15) is 0 Å². The lowest BCUT2D eigenvalue weighted by atomic mass is 10.2. The molecule has 96 valence electrons. The second-order valence-corrected chi connectivity index (χ2v) is 4.15. The Kier molecular flexibility index (Phi) is 5.94. The van der Waals surface area contributed by atoms with Crippen molar-refractivity contribution in [1.82, 2.24) is 10.3 Å². The highest BCUT2D eigenvalue weighted by Crippen LogP contribution is 2.10. The van der Waals surface area contributed by atoms with E-state index < -0.39 is 0 Å². The van der Waals surface area contributed by atoms with Crippen molar-refractivity contribution in [2.75, 3.05) is 25.5 Å². The number of nitrogens with zero attached hydrogens (tertiary/aromatic N) is 1. The molecule has 4 heteroatoms. The molecule has 0 spiro atoms. The molecular formula is C13H23N3O. The van der Waals surface area contributed by atoms with Crippen LogP contribution in [0.15, 0.2) is 12.1 Å². The lowest BCUT2D eigenvalue weighted by Crippen LogP contribution is -2.19. The van der Waals surface area contributed by atoms with E-state index in [0.717, 1.165) is 31.1 Å². The molecule has 1 unspecified atom stereocenters. The van der Waals surface area contributed by atoms with Gasteiger partial charge in [-0.15, -0.1) is 0 Å². The standard InChI is InChI=1S/C13H23N3O/c1-5-14-9-12-6-7-13(16-11(12)3)15-8-10(2)17-4/h6-7,10,14H,5,8-9H2,1-4H3,(H,15,16). The number of hydrogen-bond donors (Lipinski definition) is 2. The van der Waals surface area contributed by atoms with Crippen LogP contribution in [0.3, 0.4) is 0 Å². The van der Waals surface area contributed by atoms with Crippen LogP contribution in [0.2, 0.25) is 0 Å². The first-order valence-corrected chi connectivity index (χ1v) is 6.11. The second kappa shape index (κ2) is 7.25. The van der Waals surface area contributed by atoms with Crippen LogP contribution in [0, 0.1) is 6.92 Å². The fraction of sp³-hybridized carbons (Fsp3) is 0.615. The van der Waals surface area contributed by atoms with Gasteiger partial charge in [0.1, 0.15) is 5.82 Å². The summed E-state index contributed by atoms with van der Waals surface area (Å²) < 4.78 is 5.18. The Balaban J connectivity index is 2.55. The average Bonchev–Trinajstić information content (AvgIpc) is 2.34. The summed E-state index contributed by atoms with van der Waals surface area (Å²) in [6, 6.07) is 4.13. The van der Waals surface area contributed by atoms with Crippen molar-refractivity contribution >= 4 is 5.82 Å². The summed E-state index contributed by atoms with van der Waals surface area (Å²) >= 11 is 0. The van der Waals surface area contributed by atoms with E-state index in [4.69, 9.17) is 4.74 Å². The zero-order valence-electron chi connectivity index (χ0n) is 11.2. The third-order valence-corrected chi connectivity index (χ3v) is 2.73. The molecule has 0 aliphatic carbocycles. The minimum absolute atomic E-state index is 0.193. The van der Waals surface area contributed by atoms with Gasteiger partial charge in [0.05, 0.1) is 6.10 Å². The Morgan fingerprint density at radius 2 is 2.18 bits per heavy atom. The Morgan fingerprint density at radius 3 is 2.76 bits per heavy atom. The normalized spacial score (nSPS) is 12.5. The van der Waals surface area contributed by atoms with Crippen molar-refractivity contribution in [1.29, 1.82) is 0 Å². The van der Waals surface area contributed by atoms with E-state index in [1.165, 1.54) is 5.56 Å². The van der Waals surface area contributed by atoms with Gasteiger partial charge in [0, 0.05) is 25.9 Å². The molecule has 1 heterocycles. The molecule has 0 radical (unpaired) electrons. The van der Waals surface area contributed by atoms with Crippen molar-refractivity contribution in [3.8, 4) is 0 Å². The summed E-state index contributed by atoms with van der Waals surface area (Å²) in [5, 5.41) is 6.57. The Bertz CT molecular complexity index is 341. The molecule has 1 atom stereocenters. The molecule has 1 rings (SSSR count). The molecule has 2 N–H and O–H groups in total. The topological polar surface area (TPSA) is 46.2 Å². The van der Waals surface area contributed by atoms with Gasteiger partial charge in [-0.25, -0.2) is 4.98 Å². The maximum absolute atomic E-state index is 5.18. The highest BCUT2D eigenvalue weighted by molar-refractivity contribution is 5.38. The van der Waals surface area contributed by atoms with Gasteiger partial charge in [-0.05, 0) is 32.0 Å². The van der Waals surface area contributed by atoms with Crippen LogP contribution in [0.5, 0.6) is 0 Å². The van der Waals surface area contributed by atoms with Crippen LogP contribution >= 0.6 is 0 Å². The molecular weight excluding hydrogens is 214 g/mol. The molecule has 0 saturated heterocycles. The smallest absolute Gasteiger partial charge is 0.126 e. The third-order valence-electron chi connectivity index (χ3n) is 2.73. The zero-order chi connectivity index (χ0) is 12.7. The SMILES string of the molecule is CCNCc1ccc(NCC(C)OC)nc1C. The first kappa shape index (κ1) is 13.9. The molecule has 1 aromatic heterocycles. The number of nitrogens with one attached hydrogen (secondary N) is 2. The summed E-state index contributed by atoms with van der Waals surface area (Å²) in [4.78, 5) is 4.53. The predicted octanol–water partition coefficient (Wildman–Crippen LogP) is 1.95. The van der Waals surface area contributed by atoms with Crippen LogP contribution in [0.4, 0.5) is 5.82 Å². The highest BCUT2D eigenvalue weighted by atomic mass is 16.5. The molecule has 0 aliphatic rings. The zero-order valence-corrected chi connectivity index (χ0v) is 11.2. The molecule has 0 aliphatic heterocycles. The molecule has 4 nitrogen and oxygen atoms in total.